The van der Waals surface area contributed by atoms with Gasteiger partial charge in [0.05, 0.1) is 16.8 Å². The molecule has 3 rings (SSSR count). The molecule has 0 saturated heterocycles. The maximum atomic E-state index is 11.0. The first-order chi connectivity index (χ1) is 10.2. The Balaban J connectivity index is 2.14. The highest BCUT2D eigenvalue weighted by atomic mass is 16.6. The Morgan fingerprint density at radius 1 is 1.14 bits per heavy atom. The number of rotatable bonds is 3. The van der Waals surface area contributed by atoms with Crippen molar-refractivity contribution in [2.45, 2.75) is 0 Å². The molecule has 7 nitrogen and oxygen atoms in total. The number of aromatic nitrogens is 2. The number of non-ortho nitro benzene ring substituents is 1. The van der Waals surface area contributed by atoms with E-state index in [1.807, 2.05) is 0 Å². The summed E-state index contributed by atoms with van der Waals surface area (Å²) < 4.78 is 5.73. The molecule has 0 fully saturated rings. The molecule has 0 aliphatic carbocycles. The van der Waals surface area contributed by atoms with E-state index in [1.165, 1.54) is 24.5 Å². The zero-order valence-electron chi connectivity index (χ0n) is 10.8. The summed E-state index contributed by atoms with van der Waals surface area (Å²) in [6, 6.07) is 7.92. The van der Waals surface area contributed by atoms with Gasteiger partial charge in [0, 0.05) is 29.9 Å². The number of nitro groups is 1. The Labute approximate surface area is 119 Å². The van der Waals surface area contributed by atoms with E-state index in [0.29, 0.717) is 22.6 Å². The molecule has 2 N–H and O–H groups in total. The van der Waals surface area contributed by atoms with Gasteiger partial charge < -0.3 is 10.5 Å². The van der Waals surface area contributed by atoms with E-state index in [0.717, 1.165) is 0 Å². The van der Waals surface area contributed by atoms with Gasteiger partial charge in [-0.3, -0.25) is 15.1 Å². The fourth-order valence-corrected chi connectivity index (χ4v) is 1.97. The molecule has 2 heterocycles. The second-order valence-electron chi connectivity index (χ2n) is 4.26. The lowest BCUT2D eigenvalue weighted by Gasteiger charge is -2.10. The van der Waals surface area contributed by atoms with E-state index in [9.17, 15) is 10.1 Å². The van der Waals surface area contributed by atoms with E-state index < -0.39 is 4.92 Å². The molecule has 0 radical (unpaired) electrons. The fraction of sp³-hybridized carbons (Fsp3) is 0. The molecule has 1 aromatic carbocycles. The average molecular weight is 282 g/mol. The van der Waals surface area contributed by atoms with E-state index in [4.69, 9.17) is 10.5 Å². The van der Waals surface area contributed by atoms with Crippen LogP contribution in [0.3, 0.4) is 0 Å². The number of nitrogens with two attached hydrogens (primary N) is 1. The minimum atomic E-state index is -0.472. The number of nitro benzene ring substituents is 1. The van der Waals surface area contributed by atoms with Gasteiger partial charge in [0.1, 0.15) is 5.75 Å². The Morgan fingerprint density at radius 3 is 2.76 bits per heavy atom. The molecule has 0 aliphatic rings. The molecule has 0 saturated carbocycles. The molecular weight excluding hydrogens is 272 g/mol. The first-order valence-corrected chi connectivity index (χ1v) is 6.06. The van der Waals surface area contributed by atoms with Gasteiger partial charge in [-0.2, -0.15) is 0 Å². The minimum Gasteiger partial charge on any atom is -0.454 e. The first-order valence-electron chi connectivity index (χ1n) is 6.06. The molecule has 0 aliphatic heterocycles. The van der Waals surface area contributed by atoms with Gasteiger partial charge in [-0.1, -0.05) is 0 Å². The zero-order valence-corrected chi connectivity index (χ0v) is 10.8. The predicted molar refractivity (Wildman–Crippen MR) is 77.1 cm³/mol. The summed E-state index contributed by atoms with van der Waals surface area (Å²) >= 11 is 0. The van der Waals surface area contributed by atoms with Crippen molar-refractivity contribution in [2.24, 2.45) is 0 Å². The first kappa shape index (κ1) is 12.8. The lowest BCUT2D eigenvalue weighted by atomic mass is 10.1. The largest absolute Gasteiger partial charge is 0.454 e. The second kappa shape index (κ2) is 5.04. The van der Waals surface area contributed by atoms with E-state index >= 15 is 0 Å². The highest BCUT2D eigenvalue weighted by molar-refractivity contribution is 5.92. The van der Waals surface area contributed by atoms with Crippen molar-refractivity contribution in [2.75, 3.05) is 5.73 Å². The van der Waals surface area contributed by atoms with Crippen molar-refractivity contribution < 1.29 is 9.66 Å². The standard InChI is InChI=1S/C14H10N4O3/c15-10-8-16-7-5-13(10)21-12-4-3-11(18(19)20)14-9(12)2-1-6-17-14/h1-8H,15H2. The highest BCUT2D eigenvalue weighted by Crippen LogP contribution is 2.35. The van der Waals surface area contributed by atoms with Crippen molar-refractivity contribution in [1.29, 1.82) is 0 Å². The third-order valence-electron chi connectivity index (χ3n) is 2.94. The fourth-order valence-electron chi connectivity index (χ4n) is 1.97. The van der Waals surface area contributed by atoms with Crippen LogP contribution in [0.15, 0.2) is 48.9 Å². The van der Waals surface area contributed by atoms with Crippen molar-refractivity contribution in [3.8, 4) is 11.5 Å². The van der Waals surface area contributed by atoms with Crippen LogP contribution in [0.2, 0.25) is 0 Å². The van der Waals surface area contributed by atoms with Crippen LogP contribution < -0.4 is 10.5 Å². The predicted octanol–water partition coefficient (Wildman–Crippen LogP) is 2.91. The van der Waals surface area contributed by atoms with Gasteiger partial charge in [-0.15, -0.1) is 0 Å². The number of ether oxygens (including phenoxy) is 1. The topological polar surface area (TPSA) is 104 Å². The van der Waals surface area contributed by atoms with Gasteiger partial charge in [0.25, 0.3) is 5.69 Å². The number of benzene rings is 1. The maximum absolute atomic E-state index is 11.0. The summed E-state index contributed by atoms with van der Waals surface area (Å²) in [6.45, 7) is 0. The van der Waals surface area contributed by atoms with Gasteiger partial charge in [0.2, 0.25) is 0 Å². The maximum Gasteiger partial charge on any atom is 0.295 e. The normalized spacial score (nSPS) is 10.5. The van der Waals surface area contributed by atoms with Crippen LogP contribution in [-0.4, -0.2) is 14.9 Å². The molecule has 0 bridgehead atoms. The number of hydrogen-bond donors (Lipinski definition) is 1. The Hall–Kier alpha value is -3.22. The van der Waals surface area contributed by atoms with Gasteiger partial charge in [-0.25, -0.2) is 4.98 Å². The third kappa shape index (κ3) is 2.32. The average Bonchev–Trinajstić information content (AvgIpc) is 2.49. The molecule has 0 amide bonds. The van der Waals surface area contributed by atoms with Crippen LogP contribution in [0.1, 0.15) is 0 Å². The quantitative estimate of drug-likeness (QED) is 0.585. The Bertz CT molecular complexity index is 835. The van der Waals surface area contributed by atoms with Crippen molar-refractivity contribution >= 4 is 22.3 Å². The number of anilines is 1. The van der Waals surface area contributed by atoms with Crippen LogP contribution in [0.4, 0.5) is 11.4 Å². The molecule has 2 aromatic heterocycles. The summed E-state index contributed by atoms with van der Waals surface area (Å²) in [6.07, 6.45) is 4.53. The molecule has 0 atom stereocenters. The SMILES string of the molecule is Nc1cnccc1Oc1ccc([N+](=O)[O-])c2ncccc12. The minimum absolute atomic E-state index is 0.0688. The molecule has 0 spiro atoms. The molecule has 104 valence electrons. The van der Waals surface area contributed by atoms with Crippen molar-refractivity contribution in [3.63, 3.8) is 0 Å². The zero-order chi connectivity index (χ0) is 14.8. The monoisotopic (exact) mass is 282 g/mol. The van der Waals surface area contributed by atoms with Crippen LogP contribution in [-0.2, 0) is 0 Å². The molecule has 3 aromatic rings. The molecular formula is C14H10N4O3. The van der Waals surface area contributed by atoms with Gasteiger partial charge in [0.15, 0.2) is 11.3 Å². The van der Waals surface area contributed by atoms with Crippen molar-refractivity contribution in [1.82, 2.24) is 9.97 Å². The van der Waals surface area contributed by atoms with E-state index in [-0.39, 0.29) is 11.2 Å². The summed E-state index contributed by atoms with van der Waals surface area (Å²) in [5.41, 5.74) is 6.36. The van der Waals surface area contributed by atoms with Crippen LogP contribution in [0, 0.1) is 10.1 Å². The Kier molecular flexibility index (Phi) is 3.07. The summed E-state index contributed by atoms with van der Waals surface area (Å²) in [7, 11) is 0. The van der Waals surface area contributed by atoms with Crippen LogP contribution in [0.25, 0.3) is 10.9 Å². The van der Waals surface area contributed by atoms with Crippen LogP contribution >= 0.6 is 0 Å². The number of nitrogen functional groups attached to an aromatic ring is 1. The van der Waals surface area contributed by atoms with E-state index in [1.54, 1.807) is 24.4 Å². The summed E-state index contributed by atoms with van der Waals surface area (Å²) in [5, 5.41) is 11.6. The molecule has 0 unspecified atom stereocenters. The lowest BCUT2D eigenvalue weighted by molar-refractivity contribution is -0.383. The lowest BCUT2D eigenvalue weighted by Crippen LogP contribution is -1.96. The Morgan fingerprint density at radius 2 is 2.00 bits per heavy atom. The van der Waals surface area contributed by atoms with Gasteiger partial charge >= 0.3 is 0 Å². The second-order valence-corrected chi connectivity index (χ2v) is 4.26. The van der Waals surface area contributed by atoms with Crippen LogP contribution in [0.5, 0.6) is 11.5 Å². The van der Waals surface area contributed by atoms with E-state index in [2.05, 4.69) is 9.97 Å². The third-order valence-corrected chi connectivity index (χ3v) is 2.94. The number of nitrogens with zero attached hydrogens (tertiary/aromatic N) is 3. The number of fused-ring (bicyclic) bond motifs is 1. The number of pyridine rings is 2. The summed E-state index contributed by atoms with van der Waals surface area (Å²) in [5.74, 6) is 0.880. The highest BCUT2D eigenvalue weighted by Gasteiger charge is 2.16. The number of hydrogen-bond acceptors (Lipinski definition) is 6. The van der Waals surface area contributed by atoms with Gasteiger partial charge in [-0.05, 0) is 18.2 Å². The molecule has 7 heteroatoms. The van der Waals surface area contributed by atoms with Crippen molar-refractivity contribution in [3.05, 3.63) is 59.0 Å². The smallest absolute Gasteiger partial charge is 0.295 e. The molecule has 21 heavy (non-hydrogen) atoms. The summed E-state index contributed by atoms with van der Waals surface area (Å²) in [4.78, 5) is 18.5.